The van der Waals surface area contributed by atoms with Crippen LogP contribution in [-0.2, 0) is 14.4 Å². The van der Waals surface area contributed by atoms with Gasteiger partial charge in [-0.1, -0.05) is 6.42 Å². The standard InChI is InChI=1S/C17H22N2O7/c20-15(18-12-3-1-2-6-16(21)22)5-4-7-17(23)26-14-10-8-13(9-11-14)19(24)25/h8-11H,1-7,12H2,(H,18,20)(H,21,22). The minimum Gasteiger partial charge on any atom is -0.481 e. The zero-order valence-corrected chi connectivity index (χ0v) is 14.3. The molecule has 1 rings (SSSR count). The molecule has 0 unspecified atom stereocenters. The fourth-order valence-electron chi connectivity index (χ4n) is 2.11. The number of unbranched alkanes of at least 4 members (excludes halogenated alkanes) is 2. The molecule has 0 atom stereocenters. The summed E-state index contributed by atoms with van der Waals surface area (Å²) in [6, 6.07) is 5.17. The molecule has 26 heavy (non-hydrogen) atoms. The molecule has 1 amide bonds. The largest absolute Gasteiger partial charge is 0.481 e. The molecule has 1 aromatic rings. The van der Waals surface area contributed by atoms with Crippen molar-refractivity contribution in [2.75, 3.05) is 6.54 Å². The third-order valence-electron chi connectivity index (χ3n) is 3.45. The number of non-ortho nitro benzene ring substituents is 1. The molecular formula is C17H22N2O7. The lowest BCUT2D eigenvalue weighted by atomic mass is 10.2. The maximum Gasteiger partial charge on any atom is 0.311 e. The van der Waals surface area contributed by atoms with Crippen molar-refractivity contribution in [3.05, 3.63) is 34.4 Å². The van der Waals surface area contributed by atoms with Gasteiger partial charge in [-0.2, -0.15) is 0 Å². The van der Waals surface area contributed by atoms with Gasteiger partial charge in [0.05, 0.1) is 4.92 Å². The van der Waals surface area contributed by atoms with Gasteiger partial charge in [0.25, 0.3) is 5.69 Å². The van der Waals surface area contributed by atoms with Crippen LogP contribution in [0.25, 0.3) is 0 Å². The number of carbonyl (C=O) groups excluding carboxylic acids is 2. The second-order valence-corrected chi connectivity index (χ2v) is 5.63. The summed E-state index contributed by atoms with van der Waals surface area (Å²) >= 11 is 0. The molecule has 0 radical (unpaired) electrons. The van der Waals surface area contributed by atoms with E-state index in [4.69, 9.17) is 9.84 Å². The average molecular weight is 366 g/mol. The van der Waals surface area contributed by atoms with Crippen LogP contribution < -0.4 is 10.1 Å². The molecule has 0 bridgehead atoms. The van der Waals surface area contributed by atoms with Crippen molar-refractivity contribution in [1.29, 1.82) is 0 Å². The van der Waals surface area contributed by atoms with E-state index in [0.717, 1.165) is 6.42 Å². The van der Waals surface area contributed by atoms with Gasteiger partial charge in [0.2, 0.25) is 5.91 Å². The average Bonchev–Trinajstić information content (AvgIpc) is 2.58. The Morgan fingerprint density at radius 3 is 2.31 bits per heavy atom. The number of carbonyl (C=O) groups is 3. The van der Waals surface area contributed by atoms with E-state index >= 15 is 0 Å². The highest BCUT2D eigenvalue weighted by atomic mass is 16.6. The van der Waals surface area contributed by atoms with E-state index in [2.05, 4.69) is 5.32 Å². The van der Waals surface area contributed by atoms with E-state index in [-0.39, 0.29) is 36.6 Å². The van der Waals surface area contributed by atoms with Crippen molar-refractivity contribution in [2.45, 2.75) is 44.9 Å². The first-order valence-electron chi connectivity index (χ1n) is 8.32. The summed E-state index contributed by atoms with van der Waals surface area (Å²) < 4.78 is 5.03. The normalized spacial score (nSPS) is 10.2. The summed E-state index contributed by atoms with van der Waals surface area (Å²) in [5, 5.41) is 21.7. The van der Waals surface area contributed by atoms with Gasteiger partial charge in [-0.05, 0) is 31.4 Å². The van der Waals surface area contributed by atoms with Crippen LogP contribution in [0.3, 0.4) is 0 Å². The summed E-state index contributed by atoms with van der Waals surface area (Å²) in [5.74, 6) is -1.30. The topological polar surface area (TPSA) is 136 Å². The van der Waals surface area contributed by atoms with Crippen LogP contribution in [0.4, 0.5) is 5.69 Å². The molecule has 0 fully saturated rings. The van der Waals surface area contributed by atoms with Crippen LogP contribution in [0.2, 0.25) is 0 Å². The van der Waals surface area contributed by atoms with Crippen molar-refractivity contribution in [3.8, 4) is 5.75 Å². The summed E-state index contributed by atoms with van der Waals surface area (Å²) in [5.41, 5.74) is -0.0931. The van der Waals surface area contributed by atoms with Crippen molar-refractivity contribution < 1.29 is 29.2 Å². The molecule has 0 aliphatic carbocycles. The molecule has 0 spiro atoms. The number of ether oxygens (including phenoxy) is 1. The third-order valence-corrected chi connectivity index (χ3v) is 3.45. The van der Waals surface area contributed by atoms with Gasteiger partial charge in [-0.3, -0.25) is 24.5 Å². The van der Waals surface area contributed by atoms with E-state index < -0.39 is 16.9 Å². The second-order valence-electron chi connectivity index (χ2n) is 5.63. The molecule has 2 N–H and O–H groups in total. The summed E-state index contributed by atoms with van der Waals surface area (Å²) in [6.07, 6.45) is 2.73. The molecule has 0 saturated heterocycles. The quantitative estimate of drug-likeness (QED) is 0.191. The van der Waals surface area contributed by atoms with Crippen molar-refractivity contribution in [3.63, 3.8) is 0 Å². The highest BCUT2D eigenvalue weighted by molar-refractivity contribution is 5.77. The second kappa shape index (κ2) is 11.6. The SMILES string of the molecule is O=C(O)CCCCCNC(=O)CCCC(=O)Oc1ccc([N+](=O)[O-])cc1. The maximum atomic E-state index is 11.7. The highest BCUT2D eigenvalue weighted by Crippen LogP contribution is 2.17. The maximum absolute atomic E-state index is 11.7. The summed E-state index contributed by atoms with van der Waals surface area (Å²) in [4.78, 5) is 43.6. The van der Waals surface area contributed by atoms with Crippen LogP contribution in [-0.4, -0.2) is 34.4 Å². The van der Waals surface area contributed by atoms with E-state index in [1.165, 1.54) is 24.3 Å². The van der Waals surface area contributed by atoms with Crippen LogP contribution >= 0.6 is 0 Å². The Balaban J connectivity index is 2.12. The van der Waals surface area contributed by atoms with Gasteiger partial charge in [0, 0.05) is 37.9 Å². The number of nitro groups is 1. The van der Waals surface area contributed by atoms with E-state index in [9.17, 15) is 24.5 Å². The lowest BCUT2D eigenvalue weighted by Crippen LogP contribution is -2.24. The minimum absolute atomic E-state index is 0.0586. The van der Waals surface area contributed by atoms with Crippen molar-refractivity contribution in [2.24, 2.45) is 0 Å². The number of aliphatic carboxylic acids is 1. The van der Waals surface area contributed by atoms with Crippen LogP contribution in [0, 0.1) is 10.1 Å². The first kappa shape index (κ1) is 21.1. The number of hydrogen-bond donors (Lipinski definition) is 2. The number of nitro benzene ring substituents is 1. The number of rotatable bonds is 12. The first-order valence-corrected chi connectivity index (χ1v) is 8.32. The molecule has 142 valence electrons. The predicted octanol–water partition coefficient (Wildman–Crippen LogP) is 2.43. The van der Waals surface area contributed by atoms with Crippen LogP contribution in [0.1, 0.15) is 44.9 Å². The van der Waals surface area contributed by atoms with E-state index in [1.54, 1.807) is 0 Å². The molecule has 9 heteroatoms. The molecule has 0 aliphatic heterocycles. The number of carboxylic acids is 1. The van der Waals surface area contributed by atoms with Crippen LogP contribution in [0.15, 0.2) is 24.3 Å². The van der Waals surface area contributed by atoms with Crippen LogP contribution in [0.5, 0.6) is 5.75 Å². The van der Waals surface area contributed by atoms with Gasteiger partial charge in [0.15, 0.2) is 0 Å². The number of nitrogens with zero attached hydrogens (tertiary/aromatic N) is 1. The summed E-state index contributed by atoms with van der Waals surface area (Å²) in [6.45, 7) is 0.478. The Bertz CT molecular complexity index is 629. The monoisotopic (exact) mass is 366 g/mol. The number of esters is 1. The van der Waals surface area contributed by atoms with Gasteiger partial charge in [-0.15, -0.1) is 0 Å². The molecule has 0 heterocycles. The highest BCUT2D eigenvalue weighted by Gasteiger charge is 2.09. The lowest BCUT2D eigenvalue weighted by molar-refractivity contribution is -0.384. The molecule has 0 saturated carbocycles. The summed E-state index contributed by atoms with van der Waals surface area (Å²) in [7, 11) is 0. The van der Waals surface area contributed by atoms with Crippen molar-refractivity contribution >= 4 is 23.5 Å². The zero-order valence-electron chi connectivity index (χ0n) is 14.3. The Hall–Kier alpha value is -2.97. The number of hydrogen-bond acceptors (Lipinski definition) is 6. The van der Waals surface area contributed by atoms with E-state index in [0.29, 0.717) is 25.8 Å². The van der Waals surface area contributed by atoms with Gasteiger partial charge in [-0.25, -0.2) is 0 Å². The van der Waals surface area contributed by atoms with Crippen molar-refractivity contribution in [1.82, 2.24) is 5.32 Å². The zero-order chi connectivity index (χ0) is 19.4. The molecular weight excluding hydrogens is 344 g/mol. The van der Waals surface area contributed by atoms with Gasteiger partial charge in [0.1, 0.15) is 5.75 Å². The number of nitrogens with one attached hydrogen (secondary N) is 1. The molecule has 1 aromatic carbocycles. The Labute approximate surface area is 150 Å². The minimum atomic E-state index is -0.824. The van der Waals surface area contributed by atoms with Gasteiger partial charge < -0.3 is 15.2 Å². The Kier molecular flexibility index (Phi) is 9.37. The Morgan fingerprint density at radius 2 is 1.69 bits per heavy atom. The Morgan fingerprint density at radius 1 is 1.00 bits per heavy atom. The molecule has 0 aliphatic rings. The van der Waals surface area contributed by atoms with E-state index in [1.807, 2.05) is 0 Å². The number of benzene rings is 1. The number of amides is 1. The first-order chi connectivity index (χ1) is 12.4. The predicted molar refractivity (Wildman–Crippen MR) is 91.7 cm³/mol. The lowest BCUT2D eigenvalue weighted by Gasteiger charge is -2.06. The molecule has 0 aromatic heterocycles. The fraction of sp³-hybridized carbons (Fsp3) is 0.471. The third kappa shape index (κ3) is 9.36. The van der Waals surface area contributed by atoms with Gasteiger partial charge >= 0.3 is 11.9 Å². The molecule has 9 nitrogen and oxygen atoms in total. The fourth-order valence-corrected chi connectivity index (χ4v) is 2.11. The number of carboxylic acid groups (broad SMARTS) is 1. The smallest absolute Gasteiger partial charge is 0.311 e.